The Morgan fingerprint density at radius 3 is 2.50 bits per heavy atom. The van der Waals surface area contributed by atoms with Gasteiger partial charge < -0.3 is 9.69 Å². The number of hydrogen-bond acceptors (Lipinski definition) is 5. The number of aliphatic imine (C=N–C) groups is 1. The maximum atomic E-state index is 10.5. The fourth-order valence-electron chi connectivity index (χ4n) is 3.49. The number of fused-ring (bicyclic) bond motifs is 2. The van der Waals surface area contributed by atoms with Gasteiger partial charge in [0.05, 0.1) is 5.69 Å². The van der Waals surface area contributed by atoms with E-state index in [1.807, 2.05) is 0 Å². The molecule has 1 saturated heterocycles. The first-order valence-corrected chi connectivity index (χ1v) is 10.0. The molecule has 2 heterocycles. The van der Waals surface area contributed by atoms with Gasteiger partial charge in [0.15, 0.2) is 0 Å². The maximum absolute atomic E-state index is 10.5. The zero-order chi connectivity index (χ0) is 17.8. The third kappa shape index (κ3) is 3.69. The smallest absolute Gasteiger partial charge is 0.137 e. The number of nitrogens with zero attached hydrogens (tertiary/aromatic N) is 3. The zero-order valence-electron chi connectivity index (χ0n) is 14.8. The van der Waals surface area contributed by atoms with E-state index in [1.54, 1.807) is 11.8 Å². The van der Waals surface area contributed by atoms with Gasteiger partial charge in [-0.3, -0.25) is 4.90 Å². The molecule has 134 valence electrons. The highest BCUT2D eigenvalue weighted by atomic mass is 32.2. The fraction of sp³-hybridized carbons (Fsp3) is 0.333. The SMILES string of the molecule is O=CCCCN1CCN(C2=Nc3ccccc3Sc3ccccc32)CC1. The Morgan fingerprint density at radius 2 is 1.69 bits per heavy atom. The van der Waals surface area contributed by atoms with E-state index in [-0.39, 0.29) is 0 Å². The Hall–Kier alpha value is -2.11. The van der Waals surface area contributed by atoms with Crippen LogP contribution in [-0.2, 0) is 4.79 Å². The van der Waals surface area contributed by atoms with Crippen molar-refractivity contribution in [2.24, 2.45) is 4.99 Å². The quantitative estimate of drug-likeness (QED) is 0.609. The molecule has 2 aliphatic heterocycles. The summed E-state index contributed by atoms with van der Waals surface area (Å²) in [6.45, 7) is 5.00. The number of hydrogen-bond donors (Lipinski definition) is 0. The minimum Gasteiger partial charge on any atom is -0.354 e. The number of benzene rings is 2. The van der Waals surface area contributed by atoms with Gasteiger partial charge in [0.1, 0.15) is 12.1 Å². The Balaban J connectivity index is 1.57. The molecule has 0 radical (unpaired) electrons. The molecule has 0 atom stereocenters. The third-order valence-corrected chi connectivity index (χ3v) is 6.05. The molecular formula is C21H23N3OS. The van der Waals surface area contributed by atoms with Gasteiger partial charge in [0.2, 0.25) is 0 Å². The summed E-state index contributed by atoms with van der Waals surface area (Å²) in [5.74, 6) is 1.09. The standard InChI is InChI=1S/C21H23N3OS/c25-16-6-5-11-23-12-14-24(15-13-23)21-17-7-1-3-9-19(17)26-20-10-4-2-8-18(20)22-21/h1-4,7-10,16H,5-6,11-15H2. The molecule has 0 amide bonds. The number of amidine groups is 1. The van der Waals surface area contributed by atoms with E-state index in [4.69, 9.17) is 4.99 Å². The molecule has 0 saturated carbocycles. The molecule has 5 heteroatoms. The lowest BCUT2D eigenvalue weighted by Crippen LogP contribution is -2.49. The Bertz CT molecular complexity index is 812. The largest absolute Gasteiger partial charge is 0.354 e. The molecule has 4 nitrogen and oxygen atoms in total. The van der Waals surface area contributed by atoms with Gasteiger partial charge in [-0.1, -0.05) is 42.1 Å². The summed E-state index contributed by atoms with van der Waals surface area (Å²) in [6, 6.07) is 17.0. The summed E-state index contributed by atoms with van der Waals surface area (Å²) in [7, 11) is 0. The van der Waals surface area contributed by atoms with Crippen LogP contribution in [0.4, 0.5) is 5.69 Å². The summed E-state index contributed by atoms with van der Waals surface area (Å²) >= 11 is 1.80. The van der Waals surface area contributed by atoms with Crippen molar-refractivity contribution < 1.29 is 4.79 Å². The van der Waals surface area contributed by atoms with Crippen LogP contribution in [0.5, 0.6) is 0 Å². The molecule has 0 unspecified atom stereocenters. The molecule has 2 aromatic carbocycles. The van der Waals surface area contributed by atoms with Gasteiger partial charge in [-0.05, 0) is 31.2 Å². The average molecular weight is 366 g/mol. The van der Waals surface area contributed by atoms with E-state index in [2.05, 4.69) is 58.3 Å². The van der Waals surface area contributed by atoms with Crippen LogP contribution in [0.1, 0.15) is 18.4 Å². The van der Waals surface area contributed by atoms with Crippen LogP contribution in [0.15, 0.2) is 63.3 Å². The highest BCUT2D eigenvalue weighted by Gasteiger charge is 2.24. The van der Waals surface area contributed by atoms with Crippen molar-refractivity contribution >= 4 is 29.6 Å². The maximum Gasteiger partial charge on any atom is 0.137 e. The fourth-order valence-corrected chi connectivity index (χ4v) is 4.51. The molecule has 4 rings (SSSR count). The summed E-state index contributed by atoms with van der Waals surface area (Å²) in [6.07, 6.45) is 2.63. The van der Waals surface area contributed by atoms with Crippen LogP contribution in [0, 0.1) is 0 Å². The summed E-state index contributed by atoms with van der Waals surface area (Å²) in [5.41, 5.74) is 2.28. The van der Waals surface area contributed by atoms with Crippen molar-refractivity contribution in [3.63, 3.8) is 0 Å². The Labute approximate surface area is 158 Å². The lowest BCUT2D eigenvalue weighted by molar-refractivity contribution is -0.108. The second kappa shape index (κ2) is 8.06. The normalized spacial score (nSPS) is 17.1. The molecule has 2 aromatic rings. The summed E-state index contributed by atoms with van der Waals surface area (Å²) in [4.78, 5) is 22.9. The van der Waals surface area contributed by atoms with Crippen LogP contribution in [0.3, 0.4) is 0 Å². The van der Waals surface area contributed by atoms with Crippen LogP contribution >= 0.6 is 11.8 Å². The molecular weight excluding hydrogens is 342 g/mol. The number of rotatable bonds is 4. The summed E-state index contributed by atoms with van der Waals surface area (Å²) < 4.78 is 0. The number of carbonyl (C=O) groups is 1. The molecule has 0 aliphatic carbocycles. The first kappa shape index (κ1) is 17.3. The third-order valence-electron chi connectivity index (χ3n) is 4.91. The van der Waals surface area contributed by atoms with Gasteiger partial charge in [0, 0.05) is 48.0 Å². The van der Waals surface area contributed by atoms with Crippen molar-refractivity contribution in [1.29, 1.82) is 0 Å². The van der Waals surface area contributed by atoms with Gasteiger partial charge in [-0.25, -0.2) is 4.99 Å². The van der Waals surface area contributed by atoms with Crippen molar-refractivity contribution in [1.82, 2.24) is 9.80 Å². The number of carbonyl (C=O) groups excluding carboxylic acids is 1. The van der Waals surface area contributed by atoms with Crippen LogP contribution in [-0.4, -0.2) is 54.6 Å². The van der Waals surface area contributed by atoms with Gasteiger partial charge >= 0.3 is 0 Å². The highest BCUT2D eigenvalue weighted by Crippen LogP contribution is 2.40. The predicted octanol–water partition coefficient (Wildman–Crippen LogP) is 3.83. The number of aldehydes is 1. The average Bonchev–Trinajstić information content (AvgIpc) is 2.85. The van der Waals surface area contributed by atoms with Crippen molar-refractivity contribution in [2.45, 2.75) is 22.6 Å². The Morgan fingerprint density at radius 1 is 0.962 bits per heavy atom. The lowest BCUT2D eigenvalue weighted by atomic mass is 10.1. The second-order valence-corrected chi connectivity index (χ2v) is 7.72. The molecule has 26 heavy (non-hydrogen) atoms. The van der Waals surface area contributed by atoms with E-state index in [9.17, 15) is 4.79 Å². The van der Waals surface area contributed by atoms with Crippen LogP contribution in [0.2, 0.25) is 0 Å². The van der Waals surface area contributed by atoms with Crippen molar-refractivity contribution in [3.8, 4) is 0 Å². The van der Waals surface area contributed by atoms with E-state index in [0.29, 0.717) is 6.42 Å². The molecule has 0 bridgehead atoms. The molecule has 0 spiro atoms. The first-order valence-electron chi connectivity index (χ1n) is 9.21. The van der Waals surface area contributed by atoms with Gasteiger partial charge in [0.25, 0.3) is 0 Å². The van der Waals surface area contributed by atoms with Gasteiger partial charge in [-0.2, -0.15) is 0 Å². The van der Waals surface area contributed by atoms with Gasteiger partial charge in [-0.15, -0.1) is 0 Å². The number of unbranched alkanes of at least 4 members (excludes halogenated alkanes) is 1. The topological polar surface area (TPSA) is 35.9 Å². The lowest BCUT2D eigenvalue weighted by Gasteiger charge is -2.36. The molecule has 0 aromatic heterocycles. The number of para-hydroxylation sites is 1. The van der Waals surface area contributed by atoms with E-state index in [1.165, 1.54) is 15.4 Å². The second-order valence-electron chi connectivity index (χ2n) is 6.64. The predicted molar refractivity (Wildman–Crippen MR) is 107 cm³/mol. The van der Waals surface area contributed by atoms with Crippen molar-refractivity contribution in [3.05, 3.63) is 54.1 Å². The molecule has 2 aliphatic rings. The van der Waals surface area contributed by atoms with E-state index in [0.717, 1.165) is 57.0 Å². The minimum atomic E-state index is 0.661. The van der Waals surface area contributed by atoms with E-state index >= 15 is 0 Å². The van der Waals surface area contributed by atoms with E-state index < -0.39 is 0 Å². The highest BCUT2D eigenvalue weighted by molar-refractivity contribution is 7.99. The first-order chi connectivity index (χ1) is 12.8. The summed E-state index contributed by atoms with van der Waals surface area (Å²) in [5, 5.41) is 0. The molecule has 1 fully saturated rings. The molecule has 0 N–H and O–H groups in total. The van der Waals surface area contributed by atoms with Crippen molar-refractivity contribution in [2.75, 3.05) is 32.7 Å². The van der Waals surface area contributed by atoms with Crippen LogP contribution in [0.25, 0.3) is 0 Å². The number of piperazine rings is 1. The zero-order valence-corrected chi connectivity index (χ0v) is 15.6. The Kier molecular flexibility index (Phi) is 5.37. The minimum absolute atomic E-state index is 0.661. The monoisotopic (exact) mass is 365 g/mol. The van der Waals surface area contributed by atoms with Crippen LogP contribution < -0.4 is 0 Å².